The summed E-state index contributed by atoms with van der Waals surface area (Å²) in [5, 5.41) is 9.50. The summed E-state index contributed by atoms with van der Waals surface area (Å²) >= 11 is 0. The van der Waals surface area contributed by atoms with Crippen LogP contribution in [0.4, 0.5) is 4.39 Å². The molecule has 0 aromatic heterocycles. The Labute approximate surface area is 110 Å². The summed E-state index contributed by atoms with van der Waals surface area (Å²) in [4.78, 5) is 24.1. The third-order valence-corrected chi connectivity index (χ3v) is 2.65. The lowest BCUT2D eigenvalue weighted by Crippen LogP contribution is -2.29. The van der Waals surface area contributed by atoms with E-state index in [2.05, 4.69) is 4.74 Å². The SMILES string of the molecule is COC(=O)CCCN(C)C(=O)c1c(O)cccc1F. The van der Waals surface area contributed by atoms with Gasteiger partial charge in [0.1, 0.15) is 17.1 Å². The van der Waals surface area contributed by atoms with Gasteiger partial charge in [0.05, 0.1) is 7.11 Å². The highest BCUT2D eigenvalue weighted by Gasteiger charge is 2.20. The third-order valence-electron chi connectivity index (χ3n) is 2.65. The first kappa shape index (κ1) is 14.9. The number of esters is 1. The van der Waals surface area contributed by atoms with E-state index in [1.165, 1.54) is 31.2 Å². The first-order valence-electron chi connectivity index (χ1n) is 5.77. The Bertz CT molecular complexity index is 455. The molecule has 6 heteroatoms. The van der Waals surface area contributed by atoms with Crippen molar-refractivity contribution in [3.63, 3.8) is 0 Å². The van der Waals surface area contributed by atoms with Gasteiger partial charge < -0.3 is 14.7 Å². The number of phenolic OH excluding ortho intramolecular Hbond substituents is 1. The minimum atomic E-state index is -0.773. The molecule has 0 saturated carbocycles. The molecule has 1 aromatic rings. The molecule has 0 aliphatic rings. The topological polar surface area (TPSA) is 66.8 Å². The third kappa shape index (κ3) is 3.94. The minimum Gasteiger partial charge on any atom is -0.507 e. The van der Waals surface area contributed by atoms with Crippen LogP contribution in [0.25, 0.3) is 0 Å². The standard InChI is InChI=1S/C13H16FNO4/c1-15(8-4-7-11(17)19-2)13(18)12-9(14)5-3-6-10(12)16/h3,5-6,16H,4,7-8H2,1-2H3. The number of nitrogens with zero attached hydrogens (tertiary/aromatic N) is 1. The fourth-order valence-corrected chi connectivity index (χ4v) is 1.58. The van der Waals surface area contributed by atoms with Gasteiger partial charge in [0.15, 0.2) is 0 Å². The smallest absolute Gasteiger partial charge is 0.305 e. The molecule has 1 amide bonds. The Morgan fingerprint density at radius 2 is 2.11 bits per heavy atom. The van der Waals surface area contributed by atoms with E-state index in [1.807, 2.05) is 0 Å². The van der Waals surface area contributed by atoms with Crippen LogP contribution in [0.1, 0.15) is 23.2 Å². The van der Waals surface area contributed by atoms with Crippen LogP contribution in [0, 0.1) is 5.82 Å². The first-order valence-corrected chi connectivity index (χ1v) is 5.77. The van der Waals surface area contributed by atoms with Gasteiger partial charge in [-0.2, -0.15) is 0 Å². The number of phenols is 1. The van der Waals surface area contributed by atoms with E-state index in [0.29, 0.717) is 6.42 Å². The minimum absolute atomic E-state index is 0.178. The summed E-state index contributed by atoms with van der Waals surface area (Å²) in [6.07, 6.45) is 0.585. The van der Waals surface area contributed by atoms with E-state index < -0.39 is 17.5 Å². The van der Waals surface area contributed by atoms with E-state index in [1.54, 1.807) is 0 Å². The van der Waals surface area contributed by atoms with Gasteiger partial charge in [-0.1, -0.05) is 6.07 Å². The van der Waals surface area contributed by atoms with Crippen molar-refractivity contribution in [2.45, 2.75) is 12.8 Å². The molecular formula is C13H16FNO4. The molecule has 5 nitrogen and oxygen atoms in total. The summed E-state index contributed by atoms with van der Waals surface area (Å²) in [6.45, 7) is 0.266. The molecule has 0 atom stereocenters. The Kier molecular flexibility index (Phi) is 5.29. The highest BCUT2D eigenvalue weighted by Crippen LogP contribution is 2.21. The molecule has 0 aliphatic carbocycles. The lowest BCUT2D eigenvalue weighted by molar-refractivity contribution is -0.140. The fourth-order valence-electron chi connectivity index (χ4n) is 1.58. The number of carbonyl (C=O) groups excluding carboxylic acids is 2. The van der Waals surface area contributed by atoms with E-state index >= 15 is 0 Å². The highest BCUT2D eigenvalue weighted by atomic mass is 19.1. The van der Waals surface area contributed by atoms with E-state index in [0.717, 1.165) is 6.07 Å². The van der Waals surface area contributed by atoms with Gasteiger partial charge in [-0.15, -0.1) is 0 Å². The second-order valence-corrected chi connectivity index (χ2v) is 4.04. The van der Waals surface area contributed by atoms with Gasteiger partial charge in [-0.25, -0.2) is 4.39 Å². The summed E-state index contributed by atoms with van der Waals surface area (Å²) in [5.41, 5.74) is -0.358. The van der Waals surface area contributed by atoms with Crippen LogP contribution in [0.2, 0.25) is 0 Å². The highest BCUT2D eigenvalue weighted by molar-refractivity contribution is 5.96. The lowest BCUT2D eigenvalue weighted by atomic mass is 10.1. The van der Waals surface area contributed by atoms with Crippen LogP contribution in [-0.2, 0) is 9.53 Å². The number of rotatable bonds is 5. The quantitative estimate of drug-likeness (QED) is 0.824. The molecule has 0 heterocycles. The van der Waals surface area contributed by atoms with Crippen LogP contribution in [0.5, 0.6) is 5.75 Å². The zero-order valence-electron chi connectivity index (χ0n) is 10.9. The van der Waals surface area contributed by atoms with E-state index in [4.69, 9.17) is 0 Å². The Hall–Kier alpha value is -2.11. The van der Waals surface area contributed by atoms with Gasteiger partial charge in [-0.05, 0) is 18.6 Å². The summed E-state index contributed by atoms with van der Waals surface area (Å²) < 4.78 is 18.0. The van der Waals surface area contributed by atoms with Crippen LogP contribution in [-0.4, -0.2) is 42.6 Å². The van der Waals surface area contributed by atoms with Crippen LogP contribution < -0.4 is 0 Å². The molecule has 0 unspecified atom stereocenters. The Balaban J connectivity index is 2.64. The van der Waals surface area contributed by atoms with Gasteiger partial charge in [0.2, 0.25) is 0 Å². The zero-order valence-corrected chi connectivity index (χ0v) is 10.9. The van der Waals surface area contributed by atoms with Crippen molar-refractivity contribution in [1.29, 1.82) is 0 Å². The maximum atomic E-state index is 13.5. The summed E-state index contributed by atoms with van der Waals surface area (Å²) in [5.74, 6) is -2.16. The number of carbonyl (C=O) groups is 2. The second-order valence-electron chi connectivity index (χ2n) is 4.04. The molecule has 0 fully saturated rings. The lowest BCUT2D eigenvalue weighted by Gasteiger charge is -2.17. The number of ether oxygens (including phenoxy) is 1. The van der Waals surface area contributed by atoms with Crippen molar-refractivity contribution in [3.05, 3.63) is 29.6 Å². The average molecular weight is 269 g/mol. The molecule has 1 aromatic carbocycles. The van der Waals surface area contributed by atoms with Crippen LogP contribution in [0.15, 0.2) is 18.2 Å². The number of amides is 1. The van der Waals surface area contributed by atoms with Crippen LogP contribution >= 0.6 is 0 Å². The van der Waals surface area contributed by atoms with Crippen molar-refractivity contribution in [2.24, 2.45) is 0 Å². The maximum Gasteiger partial charge on any atom is 0.305 e. The molecule has 0 saturated heterocycles. The fraction of sp³-hybridized carbons (Fsp3) is 0.385. The van der Waals surface area contributed by atoms with Gasteiger partial charge in [-0.3, -0.25) is 9.59 Å². The largest absolute Gasteiger partial charge is 0.507 e. The van der Waals surface area contributed by atoms with Gasteiger partial charge >= 0.3 is 5.97 Å². The van der Waals surface area contributed by atoms with Gasteiger partial charge in [0.25, 0.3) is 5.91 Å². The number of methoxy groups -OCH3 is 1. The molecule has 104 valence electrons. The first-order chi connectivity index (χ1) is 8.97. The summed E-state index contributed by atoms with van der Waals surface area (Å²) in [6, 6.07) is 3.67. The maximum absolute atomic E-state index is 13.5. The molecule has 0 bridgehead atoms. The molecule has 1 N–H and O–H groups in total. The van der Waals surface area contributed by atoms with Crippen molar-refractivity contribution >= 4 is 11.9 Å². The van der Waals surface area contributed by atoms with E-state index in [-0.39, 0.29) is 24.5 Å². The Morgan fingerprint density at radius 3 is 2.68 bits per heavy atom. The number of hydrogen-bond acceptors (Lipinski definition) is 4. The van der Waals surface area contributed by atoms with Crippen molar-refractivity contribution < 1.29 is 23.8 Å². The van der Waals surface area contributed by atoms with Crippen LogP contribution in [0.3, 0.4) is 0 Å². The van der Waals surface area contributed by atoms with Gasteiger partial charge in [0, 0.05) is 20.0 Å². The normalized spacial score (nSPS) is 10.1. The number of halogens is 1. The molecule has 1 rings (SSSR count). The zero-order chi connectivity index (χ0) is 14.4. The number of benzene rings is 1. The van der Waals surface area contributed by atoms with Crippen molar-refractivity contribution in [2.75, 3.05) is 20.7 Å². The summed E-state index contributed by atoms with van der Waals surface area (Å²) in [7, 11) is 2.76. The number of hydrogen-bond donors (Lipinski definition) is 1. The predicted molar refractivity (Wildman–Crippen MR) is 66.3 cm³/mol. The molecule has 0 aliphatic heterocycles. The number of aromatic hydroxyl groups is 1. The second kappa shape index (κ2) is 6.72. The monoisotopic (exact) mass is 269 g/mol. The van der Waals surface area contributed by atoms with E-state index in [9.17, 15) is 19.1 Å². The van der Waals surface area contributed by atoms with Crippen molar-refractivity contribution in [3.8, 4) is 5.75 Å². The molecular weight excluding hydrogens is 253 g/mol. The van der Waals surface area contributed by atoms with Crippen molar-refractivity contribution in [1.82, 2.24) is 4.90 Å². The molecule has 0 spiro atoms. The average Bonchev–Trinajstić information content (AvgIpc) is 2.37. The predicted octanol–water partition coefficient (Wildman–Crippen LogP) is 1.56. The molecule has 0 radical (unpaired) electrons. The Morgan fingerprint density at radius 1 is 1.42 bits per heavy atom. The molecule has 19 heavy (non-hydrogen) atoms.